The maximum atomic E-state index is 4.03. The lowest BCUT2D eigenvalue weighted by molar-refractivity contribution is 0.808. The standard InChI is InChI=1S/C7H5BrN4.C7H6N4/c8-6-4-11-12(5-6)7-9-2-1-3-10-7;1-3-8-7(9-4-1)11-6-2-5-10-11/h1-5H;1-6H. The molecule has 8 nitrogen and oxygen atoms in total. The lowest BCUT2D eigenvalue weighted by Gasteiger charge is -1.95. The molecule has 9 heteroatoms. The van der Waals surface area contributed by atoms with E-state index in [4.69, 9.17) is 0 Å². The van der Waals surface area contributed by atoms with Crippen LogP contribution in [0.15, 0.2) is 72.2 Å². The van der Waals surface area contributed by atoms with Gasteiger partial charge in [-0.05, 0) is 34.1 Å². The molecule has 0 atom stereocenters. The number of aromatic nitrogens is 8. The Morgan fingerprint density at radius 2 is 1.30 bits per heavy atom. The van der Waals surface area contributed by atoms with Crippen LogP contribution in [-0.4, -0.2) is 39.5 Å². The molecular formula is C14H11BrN8. The van der Waals surface area contributed by atoms with E-state index in [1.807, 2.05) is 6.07 Å². The Balaban J connectivity index is 0.000000136. The van der Waals surface area contributed by atoms with E-state index in [9.17, 15) is 0 Å². The predicted molar refractivity (Wildman–Crippen MR) is 86.0 cm³/mol. The predicted octanol–water partition coefficient (Wildman–Crippen LogP) is 2.09. The van der Waals surface area contributed by atoms with Crippen molar-refractivity contribution in [1.29, 1.82) is 0 Å². The smallest absolute Gasteiger partial charge is 0.220 e. The molecule has 0 spiro atoms. The second kappa shape index (κ2) is 7.36. The second-order valence-electron chi connectivity index (χ2n) is 4.15. The maximum Gasteiger partial charge on any atom is 0.250 e. The third kappa shape index (κ3) is 4.04. The van der Waals surface area contributed by atoms with Crippen LogP contribution in [0.2, 0.25) is 0 Å². The highest BCUT2D eigenvalue weighted by Crippen LogP contribution is 2.08. The molecular weight excluding hydrogens is 360 g/mol. The summed E-state index contributed by atoms with van der Waals surface area (Å²) in [6.07, 6.45) is 13.7. The van der Waals surface area contributed by atoms with Gasteiger partial charge in [-0.1, -0.05) is 0 Å². The van der Waals surface area contributed by atoms with Crippen LogP contribution in [0.4, 0.5) is 0 Å². The summed E-state index contributed by atoms with van der Waals surface area (Å²) in [6, 6.07) is 5.37. The third-order valence-electron chi connectivity index (χ3n) is 2.57. The van der Waals surface area contributed by atoms with Crippen molar-refractivity contribution in [3.8, 4) is 11.9 Å². The van der Waals surface area contributed by atoms with Crippen molar-refractivity contribution >= 4 is 15.9 Å². The Morgan fingerprint density at radius 3 is 1.78 bits per heavy atom. The normalized spacial score (nSPS) is 9.96. The minimum atomic E-state index is 0.572. The molecule has 0 aliphatic heterocycles. The van der Waals surface area contributed by atoms with Crippen molar-refractivity contribution in [1.82, 2.24) is 39.5 Å². The summed E-state index contributed by atoms with van der Waals surface area (Å²) >= 11 is 3.29. The highest BCUT2D eigenvalue weighted by Gasteiger charge is 1.98. The van der Waals surface area contributed by atoms with Gasteiger partial charge in [-0.2, -0.15) is 10.2 Å². The first-order valence-corrected chi connectivity index (χ1v) is 7.37. The van der Waals surface area contributed by atoms with Crippen molar-refractivity contribution in [3.05, 3.63) is 72.2 Å². The molecule has 0 unspecified atom stereocenters. The average molecular weight is 371 g/mol. The van der Waals surface area contributed by atoms with Crippen molar-refractivity contribution in [2.45, 2.75) is 0 Å². The van der Waals surface area contributed by atoms with E-state index >= 15 is 0 Å². The fraction of sp³-hybridized carbons (Fsp3) is 0. The highest BCUT2D eigenvalue weighted by molar-refractivity contribution is 9.10. The van der Waals surface area contributed by atoms with Crippen molar-refractivity contribution in [3.63, 3.8) is 0 Å². The molecule has 4 heterocycles. The van der Waals surface area contributed by atoms with Crippen molar-refractivity contribution < 1.29 is 0 Å². The summed E-state index contributed by atoms with van der Waals surface area (Å²) in [5.74, 6) is 1.17. The monoisotopic (exact) mass is 370 g/mol. The van der Waals surface area contributed by atoms with Crippen LogP contribution in [0.3, 0.4) is 0 Å². The van der Waals surface area contributed by atoms with Gasteiger partial charge in [0.2, 0.25) is 11.9 Å². The number of halogens is 1. The van der Waals surface area contributed by atoms with Crippen LogP contribution in [0.25, 0.3) is 11.9 Å². The summed E-state index contributed by atoms with van der Waals surface area (Å²) in [6.45, 7) is 0. The summed E-state index contributed by atoms with van der Waals surface area (Å²) in [4.78, 5) is 16.1. The maximum absolute atomic E-state index is 4.03. The number of nitrogens with zero attached hydrogens (tertiary/aromatic N) is 8. The molecule has 4 rings (SSSR count). The van der Waals surface area contributed by atoms with Crippen molar-refractivity contribution in [2.24, 2.45) is 0 Å². The van der Waals surface area contributed by atoms with Gasteiger partial charge in [0, 0.05) is 43.4 Å². The molecule has 0 fully saturated rings. The molecule has 0 N–H and O–H groups in total. The van der Waals surface area contributed by atoms with Gasteiger partial charge in [-0.15, -0.1) is 0 Å². The molecule has 0 amide bonds. The Morgan fingerprint density at radius 1 is 0.696 bits per heavy atom. The Bertz CT molecular complexity index is 830. The van der Waals surface area contributed by atoms with Gasteiger partial charge in [0.15, 0.2) is 0 Å². The van der Waals surface area contributed by atoms with Crippen LogP contribution in [0.1, 0.15) is 0 Å². The van der Waals surface area contributed by atoms with Gasteiger partial charge in [0.1, 0.15) is 0 Å². The SMILES string of the molecule is Brc1cnn(-c2ncccn2)c1.c1cnc(-n2cccn2)nc1. The van der Waals surface area contributed by atoms with E-state index in [1.165, 1.54) is 0 Å². The zero-order valence-corrected chi connectivity index (χ0v) is 13.4. The number of hydrogen-bond donors (Lipinski definition) is 0. The van der Waals surface area contributed by atoms with Crippen LogP contribution in [0.5, 0.6) is 0 Å². The van der Waals surface area contributed by atoms with Crippen LogP contribution < -0.4 is 0 Å². The van der Waals surface area contributed by atoms with E-state index in [0.29, 0.717) is 11.9 Å². The van der Waals surface area contributed by atoms with Crippen LogP contribution in [-0.2, 0) is 0 Å². The number of rotatable bonds is 2. The Labute approximate surface area is 140 Å². The zero-order chi connectivity index (χ0) is 15.9. The van der Waals surface area contributed by atoms with Gasteiger partial charge in [-0.25, -0.2) is 29.3 Å². The molecule has 0 aliphatic rings. The second-order valence-corrected chi connectivity index (χ2v) is 5.07. The molecule has 0 aromatic carbocycles. The summed E-state index contributed by atoms with van der Waals surface area (Å²) in [5, 5.41) is 8.01. The van der Waals surface area contributed by atoms with E-state index in [2.05, 4.69) is 46.1 Å². The van der Waals surface area contributed by atoms with Gasteiger partial charge in [0.05, 0.1) is 10.7 Å². The molecule has 0 saturated heterocycles. The molecule has 23 heavy (non-hydrogen) atoms. The molecule has 0 bridgehead atoms. The van der Waals surface area contributed by atoms with Crippen LogP contribution in [0, 0.1) is 0 Å². The van der Waals surface area contributed by atoms with E-state index in [-0.39, 0.29) is 0 Å². The van der Waals surface area contributed by atoms with E-state index in [1.54, 1.807) is 71.1 Å². The highest BCUT2D eigenvalue weighted by atomic mass is 79.9. The lowest BCUT2D eigenvalue weighted by atomic mass is 10.7. The summed E-state index contributed by atoms with van der Waals surface area (Å²) in [5.41, 5.74) is 0. The first kappa shape index (κ1) is 15.0. The Kier molecular flexibility index (Phi) is 4.79. The summed E-state index contributed by atoms with van der Waals surface area (Å²) in [7, 11) is 0. The molecule has 0 radical (unpaired) electrons. The minimum Gasteiger partial charge on any atom is -0.220 e. The first-order valence-electron chi connectivity index (χ1n) is 6.57. The van der Waals surface area contributed by atoms with Gasteiger partial charge >= 0.3 is 0 Å². The Hall–Kier alpha value is -2.94. The topological polar surface area (TPSA) is 87.2 Å². The molecule has 0 saturated carbocycles. The first-order chi connectivity index (χ1) is 11.3. The third-order valence-corrected chi connectivity index (χ3v) is 2.98. The van der Waals surface area contributed by atoms with E-state index in [0.717, 1.165) is 4.47 Å². The summed E-state index contributed by atoms with van der Waals surface area (Å²) < 4.78 is 4.12. The fourth-order valence-corrected chi connectivity index (χ4v) is 1.90. The zero-order valence-electron chi connectivity index (χ0n) is 11.8. The molecule has 4 aromatic rings. The van der Waals surface area contributed by atoms with Gasteiger partial charge in [0.25, 0.3) is 0 Å². The van der Waals surface area contributed by atoms with Gasteiger partial charge in [-0.3, -0.25) is 0 Å². The van der Waals surface area contributed by atoms with E-state index < -0.39 is 0 Å². The molecule has 114 valence electrons. The van der Waals surface area contributed by atoms with Gasteiger partial charge < -0.3 is 0 Å². The molecule has 4 aromatic heterocycles. The largest absolute Gasteiger partial charge is 0.250 e. The van der Waals surface area contributed by atoms with Crippen molar-refractivity contribution in [2.75, 3.05) is 0 Å². The quantitative estimate of drug-likeness (QED) is 0.536. The lowest BCUT2D eigenvalue weighted by Crippen LogP contribution is -1.99. The number of hydrogen-bond acceptors (Lipinski definition) is 6. The fourth-order valence-electron chi connectivity index (χ4n) is 1.62. The average Bonchev–Trinajstić information content (AvgIpc) is 3.29. The van der Waals surface area contributed by atoms with Crippen LogP contribution >= 0.6 is 15.9 Å². The minimum absolute atomic E-state index is 0.572. The molecule has 0 aliphatic carbocycles.